The van der Waals surface area contributed by atoms with E-state index in [2.05, 4.69) is 21.2 Å². The monoisotopic (exact) mass is 323 g/mol. The smallest absolute Gasteiger partial charge is 0.230 e. The van der Waals surface area contributed by atoms with Gasteiger partial charge in [0.05, 0.1) is 5.41 Å². The molecule has 1 aromatic carbocycles. The highest BCUT2D eigenvalue weighted by Crippen LogP contribution is 2.29. The molecular weight excluding hydrogens is 302 g/mol. The second kappa shape index (κ2) is 6.08. The van der Waals surface area contributed by atoms with Crippen LogP contribution in [-0.2, 0) is 10.2 Å². The van der Waals surface area contributed by atoms with Gasteiger partial charge in [-0.3, -0.25) is 4.79 Å². The molecule has 19 heavy (non-hydrogen) atoms. The van der Waals surface area contributed by atoms with Crippen LogP contribution < -0.4 is 5.32 Å². The molecule has 3 heteroatoms. The molecule has 1 aromatic rings. The van der Waals surface area contributed by atoms with Gasteiger partial charge in [-0.05, 0) is 38.2 Å². The van der Waals surface area contributed by atoms with Crippen LogP contribution in [-0.4, -0.2) is 17.3 Å². The van der Waals surface area contributed by atoms with Crippen molar-refractivity contribution in [3.8, 4) is 0 Å². The van der Waals surface area contributed by atoms with Crippen molar-refractivity contribution in [2.24, 2.45) is 5.92 Å². The predicted molar refractivity (Wildman–Crippen MR) is 82.5 cm³/mol. The van der Waals surface area contributed by atoms with Crippen LogP contribution in [0.3, 0.4) is 0 Å². The number of halogens is 1. The van der Waals surface area contributed by atoms with Gasteiger partial charge in [0.15, 0.2) is 0 Å². The lowest BCUT2D eigenvalue weighted by atomic mass is 9.83. The summed E-state index contributed by atoms with van der Waals surface area (Å²) >= 11 is 3.55. The van der Waals surface area contributed by atoms with Crippen molar-refractivity contribution in [3.63, 3.8) is 0 Å². The summed E-state index contributed by atoms with van der Waals surface area (Å²) in [6.07, 6.45) is 3.53. The average molecular weight is 324 g/mol. The predicted octanol–water partition coefficient (Wildman–Crippen LogP) is 3.64. The number of benzene rings is 1. The first-order valence-electron chi connectivity index (χ1n) is 6.98. The molecule has 1 amide bonds. The Morgan fingerprint density at radius 2 is 2.00 bits per heavy atom. The van der Waals surface area contributed by atoms with E-state index in [1.807, 2.05) is 44.2 Å². The molecule has 1 saturated carbocycles. The first-order valence-corrected chi connectivity index (χ1v) is 8.10. The largest absolute Gasteiger partial charge is 0.352 e. The van der Waals surface area contributed by atoms with Gasteiger partial charge in [0.25, 0.3) is 0 Å². The molecule has 1 aliphatic rings. The van der Waals surface area contributed by atoms with E-state index in [1.165, 1.54) is 12.8 Å². The number of carbonyl (C=O) groups is 1. The molecule has 0 spiro atoms. The van der Waals surface area contributed by atoms with Gasteiger partial charge in [0.2, 0.25) is 5.91 Å². The van der Waals surface area contributed by atoms with Crippen molar-refractivity contribution in [2.75, 3.05) is 5.33 Å². The number of rotatable bonds is 4. The average Bonchev–Trinajstić information content (AvgIpc) is 2.87. The Labute approximate surface area is 124 Å². The second-order valence-electron chi connectivity index (χ2n) is 5.92. The molecule has 2 nitrogen and oxygen atoms in total. The number of carbonyl (C=O) groups excluding carboxylic acids is 1. The van der Waals surface area contributed by atoms with Gasteiger partial charge in [-0.15, -0.1) is 0 Å². The molecule has 1 fully saturated rings. The molecular formula is C16H22BrNO. The van der Waals surface area contributed by atoms with Crippen LogP contribution >= 0.6 is 15.9 Å². The van der Waals surface area contributed by atoms with Crippen LogP contribution in [0.25, 0.3) is 0 Å². The summed E-state index contributed by atoms with van der Waals surface area (Å²) in [5, 5.41) is 4.23. The van der Waals surface area contributed by atoms with Crippen molar-refractivity contribution in [3.05, 3.63) is 35.9 Å². The highest BCUT2D eigenvalue weighted by atomic mass is 79.9. The lowest BCUT2D eigenvalue weighted by Crippen LogP contribution is -2.46. The molecule has 2 rings (SSSR count). The Morgan fingerprint density at radius 1 is 1.32 bits per heavy atom. The quantitative estimate of drug-likeness (QED) is 0.842. The minimum atomic E-state index is -0.472. The van der Waals surface area contributed by atoms with Gasteiger partial charge in [-0.25, -0.2) is 0 Å². The van der Waals surface area contributed by atoms with E-state index in [0.717, 1.165) is 17.3 Å². The van der Waals surface area contributed by atoms with Crippen LogP contribution in [0, 0.1) is 5.92 Å². The van der Waals surface area contributed by atoms with E-state index in [-0.39, 0.29) is 5.91 Å². The number of hydrogen-bond acceptors (Lipinski definition) is 1. The third-order valence-electron chi connectivity index (χ3n) is 4.24. The molecule has 1 N–H and O–H groups in total. The van der Waals surface area contributed by atoms with E-state index in [0.29, 0.717) is 12.0 Å². The van der Waals surface area contributed by atoms with Gasteiger partial charge in [0.1, 0.15) is 0 Å². The first kappa shape index (κ1) is 14.6. The molecule has 0 aliphatic heterocycles. The summed E-state index contributed by atoms with van der Waals surface area (Å²) in [4.78, 5) is 12.6. The van der Waals surface area contributed by atoms with Gasteiger partial charge in [-0.1, -0.05) is 52.7 Å². The third-order valence-corrected chi connectivity index (χ3v) is 5.07. The van der Waals surface area contributed by atoms with Crippen molar-refractivity contribution in [1.29, 1.82) is 0 Å². The maximum Gasteiger partial charge on any atom is 0.230 e. The normalized spacial score (nSPS) is 23.3. The van der Waals surface area contributed by atoms with Crippen LogP contribution in [0.15, 0.2) is 30.3 Å². The number of hydrogen-bond donors (Lipinski definition) is 1. The molecule has 0 heterocycles. The topological polar surface area (TPSA) is 29.1 Å². The molecule has 0 bridgehead atoms. The maximum atomic E-state index is 12.6. The fraction of sp³-hybridized carbons (Fsp3) is 0.562. The van der Waals surface area contributed by atoms with Crippen LogP contribution in [0.4, 0.5) is 0 Å². The Bertz CT molecular complexity index is 430. The zero-order valence-corrected chi connectivity index (χ0v) is 13.2. The van der Waals surface area contributed by atoms with Gasteiger partial charge in [-0.2, -0.15) is 0 Å². The standard InChI is InChI=1S/C16H22BrNO/c1-16(2,13-8-4-3-5-9-13)15(19)18-14-10-6-7-12(14)11-17/h3-5,8-9,12,14H,6-7,10-11H2,1-2H3,(H,18,19). The Kier molecular flexibility index (Phi) is 4.67. The van der Waals surface area contributed by atoms with Crippen LogP contribution in [0.2, 0.25) is 0 Å². The number of alkyl halides is 1. The zero-order valence-electron chi connectivity index (χ0n) is 11.7. The molecule has 1 aliphatic carbocycles. The molecule has 0 radical (unpaired) electrons. The van der Waals surface area contributed by atoms with Crippen molar-refractivity contribution >= 4 is 21.8 Å². The fourth-order valence-corrected chi connectivity index (χ4v) is 3.52. The summed E-state index contributed by atoms with van der Waals surface area (Å²) in [7, 11) is 0. The minimum Gasteiger partial charge on any atom is -0.352 e. The highest BCUT2D eigenvalue weighted by Gasteiger charge is 2.34. The van der Waals surface area contributed by atoms with E-state index < -0.39 is 5.41 Å². The van der Waals surface area contributed by atoms with Gasteiger partial charge in [0, 0.05) is 11.4 Å². The molecule has 2 atom stereocenters. The van der Waals surface area contributed by atoms with E-state index in [4.69, 9.17) is 0 Å². The molecule has 0 aromatic heterocycles. The SMILES string of the molecule is CC(C)(C(=O)NC1CCCC1CBr)c1ccccc1. The lowest BCUT2D eigenvalue weighted by Gasteiger charge is -2.28. The molecule has 0 saturated heterocycles. The fourth-order valence-electron chi connectivity index (χ4n) is 2.75. The van der Waals surface area contributed by atoms with Gasteiger partial charge >= 0.3 is 0 Å². The van der Waals surface area contributed by atoms with Crippen molar-refractivity contribution in [1.82, 2.24) is 5.32 Å². The summed E-state index contributed by atoms with van der Waals surface area (Å²) < 4.78 is 0. The lowest BCUT2D eigenvalue weighted by molar-refractivity contribution is -0.126. The summed E-state index contributed by atoms with van der Waals surface area (Å²) in [5.74, 6) is 0.715. The molecule has 2 unspecified atom stereocenters. The summed E-state index contributed by atoms with van der Waals surface area (Å²) in [6.45, 7) is 3.99. The van der Waals surface area contributed by atoms with Crippen LogP contribution in [0.5, 0.6) is 0 Å². The summed E-state index contributed by atoms with van der Waals surface area (Å²) in [6, 6.07) is 10.3. The van der Waals surface area contributed by atoms with Crippen molar-refractivity contribution in [2.45, 2.75) is 44.6 Å². The Balaban J connectivity index is 2.07. The Hall–Kier alpha value is -0.830. The number of amides is 1. The van der Waals surface area contributed by atoms with Gasteiger partial charge < -0.3 is 5.32 Å². The minimum absolute atomic E-state index is 0.136. The third kappa shape index (κ3) is 3.19. The van der Waals surface area contributed by atoms with E-state index >= 15 is 0 Å². The van der Waals surface area contributed by atoms with E-state index in [9.17, 15) is 4.79 Å². The van der Waals surface area contributed by atoms with Crippen molar-refractivity contribution < 1.29 is 4.79 Å². The van der Waals surface area contributed by atoms with Crippen LogP contribution in [0.1, 0.15) is 38.7 Å². The number of nitrogens with one attached hydrogen (secondary N) is 1. The molecule has 104 valence electrons. The maximum absolute atomic E-state index is 12.6. The summed E-state index contributed by atoms with van der Waals surface area (Å²) in [5.41, 5.74) is 0.599. The van der Waals surface area contributed by atoms with E-state index in [1.54, 1.807) is 0 Å². The second-order valence-corrected chi connectivity index (χ2v) is 6.56. The highest BCUT2D eigenvalue weighted by molar-refractivity contribution is 9.09. The Morgan fingerprint density at radius 3 is 2.63 bits per heavy atom. The zero-order chi connectivity index (χ0) is 13.9. The first-order chi connectivity index (χ1) is 9.05.